The highest BCUT2D eigenvalue weighted by molar-refractivity contribution is 7.92. The van der Waals surface area contributed by atoms with E-state index in [1.54, 1.807) is 30.3 Å². The summed E-state index contributed by atoms with van der Waals surface area (Å²) < 4.78 is 39.6. The molecule has 10 heteroatoms. The van der Waals surface area contributed by atoms with Crippen LogP contribution in [0.3, 0.4) is 0 Å². The quantitative estimate of drug-likeness (QED) is 0.332. The summed E-state index contributed by atoms with van der Waals surface area (Å²) in [6.45, 7) is 5.11. The van der Waals surface area contributed by atoms with Gasteiger partial charge in [0.1, 0.15) is 12.6 Å². The lowest BCUT2D eigenvalue weighted by Gasteiger charge is -2.33. The molecule has 0 aromatic heterocycles. The second kappa shape index (κ2) is 13.8. The third-order valence-corrected chi connectivity index (χ3v) is 8.07. The van der Waals surface area contributed by atoms with Crippen LogP contribution in [-0.4, -0.2) is 58.0 Å². The van der Waals surface area contributed by atoms with Crippen LogP contribution in [0.2, 0.25) is 0 Å². The van der Waals surface area contributed by atoms with Crippen molar-refractivity contribution in [3.05, 3.63) is 84.4 Å². The van der Waals surface area contributed by atoms with E-state index in [1.807, 2.05) is 51.1 Å². The minimum atomic E-state index is -4.18. The molecule has 0 bridgehead atoms. The van der Waals surface area contributed by atoms with Crippen LogP contribution in [0.1, 0.15) is 32.8 Å². The average Bonchev–Trinajstić information content (AvgIpc) is 2.95. The molecule has 0 spiro atoms. The lowest BCUT2D eigenvalue weighted by molar-refractivity contribution is -0.140. The first-order chi connectivity index (χ1) is 19.1. The summed E-state index contributed by atoms with van der Waals surface area (Å²) in [5.74, 6) is -0.101. The molecule has 3 aromatic rings. The Balaban J connectivity index is 2.09. The summed E-state index contributed by atoms with van der Waals surface area (Å²) in [5, 5.41) is 2.89. The Labute approximate surface area is 236 Å². The summed E-state index contributed by atoms with van der Waals surface area (Å²) in [4.78, 5) is 28.7. The highest BCUT2D eigenvalue weighted by Gasteiger charge is 2.34. The van der Waals surface area contributed by atoms with Gasteiger partial charge in [-0.3, -0.25) is 13.9 Å². The number of methoxy groups -OCH3 is 2. The standard InChI is InChI=1S/C30H37N3O6S/c1-6-26(30(35)31-22(2)3)32(20-23-13-9-7-10-14-23)29(34)21-33(40(36,37)25-15-11-8-12-16-25)24-17-18-27(38-4)28(19-24)39-5/h7-19,22,26H,6,20-21H2,1-5H3,(H,31,35)/t26-/m0/s1. The number of anilines is 1. The smallest absolute Gasteiger partial charge is 0.264 e. The Hall–Kier alpha value is -4.05. The first kappa shape index (κ1) is 30.5. The van der Waals surface area contributed by atoms with E-state index >= 15 is 0 Å². The number of hydrogen-bond acceptors (Lipinski definition) is 6. The lowest BCUT2D eigenvalue weighted by Crippen LogP contribution is -2.53. The number of hydrogen-bond donors (Lipinski definition) is 1. The van der Waals surface area contributed by atoms with Gasteiger partial charge in [-0.25, -0.2) is 8.42 Å². The van der Waals surface area contributed by atoms with Crippen molar-refractivity contribution < 1.29 is 27.5 Å². The zero-order valence-electron chi connectivity index (χ0n) is 23.5. The van der Waals surface area contributed by atoms with Crippen LogP contribution < -0.4 is 19.1 Å². The fourth-order valence-corrected chi connectivity index (χ4v) is 5.74. The summed E-state index contributed by atoms with van der Waals surface area (Å²) in [7, 11) is -1.25. The largest absolute Gasteiger partial charge is 0.493 e. The molecule has 3 aromatic carbocycles. The maximum atomic E-state index is 14.1. The third-order valence-electron chi connectivity index (χ3n) is 6.28. The van der Waals surface area contributed by atoms with Crippen molar-refractivity contribution in [2.75, 3.05) is 25.1 Å². The predicted octanol–water partition coefficient (Wildman–Crippen LogP) is 4.23. The van der Waals surface area contributed by atoms with Crippen LogP contribution in [0.4, 0.5) is 5.69 Å². The number of benzene rings is 3. The normalized spacial score (nSPS) is 11.9. The third kappa shape index (κ3) is 7.32. The molecule has 1 atom stereocenters. The van der Waals surface area contributed by atoms with Gasteiger partial charge in [0.05, 0.1) is 24.8 Å². The molecule has 0 aliphatic heterocycles. The van der Waals surface area contributed by atoms with E-state index in [-0.39, 0.29) is 29.1 Å². The van der Waals surface area contributed by atoms with Crippen LogP contribution in [0.25, 0.3) is 0 Å². The molecule has 9 nitrogen and oxygen atoms in total. The number of nitrogens with one attached hydrogen (secondary N) is 1. The molecular formula is C30H37N3O6S. The Kier molecular flexibility index (Phi) is 10.6. The van der Waals surface area contributed by atoms with Gasteiger partial charge < -0.3 is 19.7 Å². The minimum Gasteiger partial charge on any atom is -0.493 e. The number of carbonyl (C=O) groups is 2. The van der Waals surface area contributed by atoms with Gasteiger partial charge >= 0.3 is 0 Å². The molecule has 0 unspecified atom stereocenters. The Bertz CT molecular complexity index is 1380. The second-order valence-corrected chi connectivity index (χ2v) is 11.3. The zero-order chi connectivity index (χ0) is 29.3. The van der Waals surface area contributed by atoms with Gasteiger partial charge in [0, 0.05) is 18.7 Å². The molecule has 0 fully saturated rings. The molecule has 1 N–H and O–H groups in total. The van der Waals surface area contributed by atoms with Crippen molar-refractivity contribution in [2.24, 2.45) is 0 Å². The van der Waals surface area contributed by atoms with Crippen LogP contribution in [0.5, 0.6) is 11.5 Å². The molecule has 40 heavy (non-hydrogen) atoms. The topological polar surface area (TPSA) is 105 Å². The Morgan fingerprint density at radius 2 is 1.48 bits per heavy atom. The molecule has 0 aliphatic rings. The zero-order valence-corrected chi connectivity index (χ0v) is 24.4. The number of amides is 2. The fraction of sp³-hybridized carbons (Fsp3) is 0.333. The molecular weight excluding hydrogens is 530 g/mol. The van der Waals surface area contributed by atoms with Crippen molar-refractivity contribution in [2.45, 2.75) is 50.7 Å². The van der Waals surface area contributed by atoms with Crippen LogP contribution in [0.15, 0.2) is 83.8 Å². The van der Waals surface area contributed by atoms with E-state index in [2.05, 4.69) is 5.32 Å². The van der Waals surface area contributed by atoms with Gasteiger partial charge in [-0.1, -0.05) is 55.5 Å². The van der Waals surface area contributed by atoms with Crippen LogP contribution >= 0.6 is 0 Å². The van der Waals surface area contributed by atoms with Crippen molar-refractivity contribution in [1.29, 1.82) is 0 Å². The first-order valence-corrected chi connectivity index (χ1v) is 14.5. The van der Waals surface area contributed by atoms with E-state index in [0.29, 0.717) is 17.9 Å². The minimum absolute atomic E-state index is 0.0248. The lowest BCUT2D eigenvalue weighted by atomic mass is 10.1. The summed E-state index contributed by atoms with van der Waals surface area (Å²) in [6, 6.07) is 20.9. The van der Waals surface area contributed by atoms with Crippen molar-refractivity contribution in [3.63, 3.8) is 0 Å². The van der Waals surface area contributed by atoms with Crippen LogP contribution in [-0.2, 0) is 26.2 Å². The average molecular weight is 568 g/mol. The Morgan fingerprint density at radius 3 is 2.02 bits per heavy atom. The number of nitrogens with zero attached hydrogens (tertiary/aromatic N) is 2. The van der Waals surface area contributed by atoms with E-state index in [9.17, 15) is 18.0 Å². The maximum absolute atomic E-state index is 14.1. The monoisotopic (exact) mass is 567 g/mol. The molecule has 0 heterocycles. The number of ether oxygens (including phenoxy) is 2. The van der Waals surface area contributed by atoms with Gasteiger partial charge in [0.25, 0.3) is 10.0 Å². The van der Waals surface area contributed by atoms with Gasteiger partial charge in [-0.05, 0) is 50.1 Å². The highest BCUT2D eigenvalue weighted by atomic mass is 32.2. The van der Waals surface area contributed by atoms with Gasteiger partial charge in [0.2, 0.25) is 11.8 Å². The van der Waals surface area contributed by atoms with Gasteiger partial charge in [0.15, 0.2) is 11.5 Å². The number of rotatable bonds is 13. The molecule has 3 rings (SSSR count). The molecule has 0 saturated heterocycles. The first-order valence-electron chi connectivity index (χ1n) is 13.1. The maximum Gasteiger partial charge on any atom is 0.264 e. The summed E-state index contributed by atoms with van der Waals surface area (Å²) >= 11 is 0. The van der Waals surface area contributed by atoms with Crippen molar-refractivity contribution >= 4 is 27.5 Å². The van der Waals surface area contributed by atoms with E-state index in [0.717, 1.165) is 9.87 Å². The molecule has 214 valence electrons. The summed E-state index contributed by atoms with van der Waals surface area (Å²) in [6.07, 6.45) is 0.346. The predicted molar refractivity (Wildman–Crippen MR) is 155 cm³/mol. The van der Waals surface area contributed by atoms with E-state index in [1.165, 1.54) is 37.3 Å². The van der Waals surface area contributed by atoms with Crippen molar-refractivity contribution in [3.8, 4) is 11.5 Å². The fourth-order valence-electron chi connectivity index (χ4n) is 4.31. The van der Waals surface area contributed by atoms with E-state index in [4.69, 9.17) is 9.47 Å². The number of sulfonamides is 1. The van der Waals surface area contributed by atoms with Gasteiger partial charge in [-0.2, -0.15) is 0 Å². The SMILES string of the molecule is CC[C@@H](C(=O)NC(C)C)N(Cc1ccccc1)C(=O)CN(c1ccc(OC)c(OC)c1)S(=O)(=O)c1ccccc1. The summed E-state index contributed by atoms with van der Waals surface area (Å²) in [5.41, 5.74) is 1.03. The molecule has 0 saturated carbocycles. The highest BCUT2D eigenvalue weighted by Crippen LogP contribution is 2.34. The second-order valence-electron chi connectivity index (χ2n) is 9.46. The molecule has 0 aliphatic carbocycles. The Morgan fingerprint density at radius 1 is 0.875 bits per heavy atom. The molecule has 2 amide bonds. The number of carbonyl (C=O) groups excluding carboxylic acids is 2. The van der Waals surface area contributed by atoms with Crippen molar-refractivity contribution in [1.82, 2.24) is 10.2 Å². The van der Waals surface area contributed by atoms with E-state index < -0.39 is 28.5 Å². The molecule has 0 radical (unpaired) electrons. The van der Waals surface area contributed by atoms with Crippen LogP contribution in [0, 0.1) is 0 Å². The van der Waals surface area contributed by atoms with Gasteiger partial charge in [-0.15, -0.1) is 0 Å².